The minimum absolute atomic E-state index is 0.0238. The zero-order chi connectivity index (χ0) is 13.2. The molecule has 2 heterocycles. The second-order valence-electron chi connectivity index (χ2n) is 5.11. The lowest BCUT2D eigenvalue weighted by atomic mass is 9.93. The Hall–Kier alpha value is -1.62. The number of carbonyl (C=O) groups is 1. The van der Waals surface area contributed by atoms with Crippen LogP contribution < -0.4 is 0 Å². The van der Waals surface area contributed by atoms with Crippen molar-refractivity contribution in [3.05, 3.63) is 40.1 Å². The predicted molar refractivity (Wildman–Crippen MR) is 70.9 cm³/mol. The molecule has 0 bridgehead atoms. The third kappa shape index (κ3) is 2.98. The van der Waals surface area contributed by atoms with Crippen LogP contribution in [0.1, 0.15) is 41.8 Å². The molecule has 2 rings (SSSR count). The largest absolute Gasteiger partial charge is 0.294 e. The number of aromatic nitrogens is 3. The lowest BCUT2D eigenvalue weighted by molar-refractivity contribution is 0.0992. The SMILES string of the molecule is CC(C)(C)c1csc(CC(=O)c2ccnnc2)n1. The highest BCUT2D eigenvalue weighted by atomic mass is 32.1. The first-order chi connectivity index (χ1) is 8.47. The normalized spacial score (nSPS) is 11.5. The summed E-state index contributed by atoms with van der Waals surface area (Å²) in [6, 6.07) is 1.67. The van der Waals surface area contributed by atoms with Crippen LogP contribution in [0.4, 0.5) is 0 Å². The Kier molecular flexibility index (Phi) is 3.52. The summed E-state index contributed by atoms with van der Waals surface area (Å²) in [6.07, 6.45) is 3.34. The van der Waals surface area contributed by atoms with E-state index in [2.05, 4.69) is 36.0 Å². The molecule has 0 aliphatic carbocycles. The lowest BCUT2D eigenvalue weighted by Crippen LogP contribution is -2.12. The molecule has 5 heteroatoms. The van der Waals surface area contributed by atoms with Gasteiger partial charge in [0.1, 0.15) is 5.01 Å². The lowest BCUT2D eigenvalue weighted by Gasteiger charge is -2.14. The summed E-state index contributed by atoms with van der Waals surface area (Å²) in [5.74, 6) is 0.0275. The van der Waals surface area contributed by atoms with E-state index in [0.717, 1.165) is 10.7 Å². The minimum Gasteiger partial charge on any atom is -0.294 e. The number of hydrogen-bond acceptors (Lipinski definition) is 5. The van der Waals surface area contributed by atoms with Crippen LogP contribution in [0.2, 0.25) is 0 Å². The maximum absolute atomic E-state index is 12.0. The number of hydrogen-bond donors (Lipinski definition) is 0. The first kappa shape index (κ1) is 12.8. The van der Waals surface area contributed by atoms with Crippen LogP contribution in [0.15, 0.2) is 23.8 Å². The Balaban J connectivity index is 2.11. The highest BCUT2D eigenvalue weighted by molar-refractivity contribution is 7.09. The van der Waals surface area contributed by atoms with Crippen molar-refractivity contribution in [2.24, 2.45) is 0 Å². The van der Waals surface area contributed by atoms with Gasteiger partial charge in [-0.15, -0.1) is 11.3 Å². The number of nitrogens with zero attached hydrogens (tertiary/aromatic N) is 3. The van der Waals surface area contributed by atoms with Gasteiger partial charge in [-0.2, -0.15) is 10.2 Å². The van der Waals surface area contributed by atoms with Crippen molar-refractivity contribution < 1.29 is 4.79 Å². The van der Waals surface area contributed by atoms with Gasteiger partial charge in [0.2, 0.25) is 0 Å². The van der Waals surface area contributed by atoms with Gasteiger partial charge in [0.25, 0.3) is 0 Å². The third-order valence-corrected chi connectivity index (χ3v) is 3.39. The van der Waals surface area contributed by atoms with Gasteiger partial charge in [0.05, 0.1) is 24.5 Å². The van der Waals surface area contributed by atoms with Crippen molar-refractivity contribution in [3.8, 4) is 0 Å². The minimum atomic E-state index is 0.0238. The summed E-state index contributed by atoms with van der Waals surface area (Å²) >= 11 is 1.53. The molecule has 0 saturated heterocycles. The molecule has 2 aromatic heterocycles. The third-order valence-electron chi connectivity index (χ3n) is 2.54. The molecule has 4 nitrogen and oxygen atoms in total. The van der Waals surface area contributed by atoms with Gasteiger partial charge >= 0.3 is 0 Å². The molecule has 0 N–H and O–H groups in total. The Bertz CT molecular complexity index is 543. The van der Waals surface area contributed by atoms with E-state index in [1.807, 2.05) is 5.38 Å². The van der Waals surface area contributed by atoms with E-state index in [0.29, 0.717) is 12.0 Å². The zero-order valence-corrected chi connectivity index (χ0v) is 11.5. The number of thiazole rings is 1. The Morgan fingerprint density at radius 2 is 2.11 bits per heavy atom. The van der Waals surface area contributed by atoms with Crippen LogP contribution in [0.3, 0.4) is 0 Å². The number of rotatable bonds is 3. The highest BCUT2D eigenvalue weighted by Gasteiger charge is 2.18. The van der Waals surface area contributed by atoms with Crippen molar-refractivity contribution in [3.63, 3.8) is 0 Å². The molecule has 0 aliphatic rings. The van der Waals surface area contributed by atoms with Crippen LogP contribution in [-0.4, -0.2) is 21.0 Å². The molecule has 0 amide bonds. The first-order valence-electron chi connectivity index (χ1n) is 5.71. The van der Waals surface area contributed by atoms with E-state index >= 15 is 0 Å². The van der Waals surface area contributed by atoms with Crippen LogP contribution in [0, 0.1) is 0 Å². The molecule has 2 aromatic rings. The topological polar surface area (TPSA) is 55.7 Å². The van der Waals surface area contributed by atoms with Gasteiger partial charge in [-0.3, -0.25) is 4.79 Å². The molecule has 0 spiro atoms. The summed E-state index contributed by atoms with van der Waals surface area (Å²) in [7, 11) is 0. The average molecular weight is 261 g/mol. The second-order valence-corrected chi connectivity index (χ2v) is 6.05. The van der Waals surface area contributed by atoms with E-state index in [1.165, 1.54) is 23.7 Å². The maximum atomic E-state index is 12.0. The van der Waals surface area contributed by atoms with Crippen LogP contribution in [0.5, 0.6) is 0 Å². The van der Waals surface area contributed by atoms with E-state index in [1.54, 1.807) is 6.07 Å². The smallest absolute Gasteiger partial charge is 0.171 e. The van der Waals surface area contributed by atoms with E-state index in [9.17, 15) is 4.79 Å². The fourth-order valence-corrected chi connectivity index (χ4v) is 2.45. The van der Waals surface area contributed by atoms with E-state index in [-0.39, 0.29) is 11.2 Å². The van der Waals surface area contributed by atoms with Crippen molar-refractivity contribution in [1.82, 2.24) is 15.2 Å². The van der Waals surface area contributed by atoms with Crippen molar-refractivity contribution in [2.75, 3.05) is 0 Å². The van der Waals surface area contributed by atoms with E-state index in [4.69, 9.17) is 0 Å². The Labute approximate surface area is 110 Å². The highest BCUT2D eigenvalue weighted by Crippen LogP contribution is 2.24. The summed E-state index contributed by atoms with van der Waals surface area (Å²) in [5.41, 5.74) is 1.64. The first-order valence-corrected chi connectivity index (χ1v) is 6.59. The fourth-order valence-electron chi connectivity index (χ4n) is 1.43. The van der Waals surface area contributed by atoms with Gasteiger partial charge in [-0.05, 0) is 6.07 Å². The van der Waals surface area contributed by atoms with Gasteiger partial charge in [-0.25, -0.2) is 4.98 Å². The molecule has 0 saturated carbocycles. The van der Waals surface area contributed by atoms with Gasteiger partial charge in [0, 0.05) is 16.4 Å². The molecule has 0 atom stereocenters. The standard InChI is InChI=1S/C13H15N3OS/c1-13(2,3)11-8-18-12(16-11)6-10(17)9-4-5-14-15-7-9/h4-5,7-8H,6H2,1-3H3. The summed E-state index contributed by atoms with van der Waals surface area (Å²) < 4.78 is 0. The van der Waals surface area contributed by atoms with Gasteiger partial charge in [-0.1, -0.05) is 20.8 Å². The van der Waals surface area contributed by atoms with Crippen molar-refractivity contribution in [2.45, 2.75) is 32.6 Å². The molecule has 0 fully saturated rings. The molecule has 0 unspecified atom stereocenters. The van der Waals surface area contributed by atoms with Crippen molar-refractivity contribution in [1.29, 1.82) is 0 Å². The van der Waals surface area contributed by atoms with Crippen LogP contribution in [0.25, 0.3) is 0 Å². The summed E-state index contributed by atoms with van der Waals surface area (Å²) in [6.45, 7) is 6.33. The predicted octanol–water partition coefficient (Wildman–Crippen LogP) is 2.66. The van der Waals surface area contributed by atoms with Crippen molar-refractivity contribution >= 4 is 17.1 Å². The molecule has 94 valence electrons. The molecule has 18 heavy (non-hydrogen) atoms. The van der Waals surface area contributed by atoms with Crippen LogP contribution in [-0.2, 0) is 11.8 Å². The molecular formula is C13H15N3OS. The van der Waals surface area contributed by atoms with Gasteiger partial charge in [0.15, 0.2) is 5.78 Å². The summed E-state index contributed by atoms with van der Waals surface area (Å²) in [4.78, 5) is 16.5. The monoisotopic (exact) mass is 261 g/mol. The molecule has 0 aromatic carbocycles. The average Bonchev–Trinajstić information content (AvgIpc) is 2.78. The Morgan fingerprint density at radius 1 is 1.33 bits per heavy atom. The number of Topliss-reactive ketones (excluding diaryl/α,β-unsaturated/α-hetero) is 1. The Morgan fingerprint density at radius 3 is 2.67 bits per heavy atom. The zero-order valence-electron chi connectivity index (χ0n) is 10.7. The van der Waals surface area contributed by atoms with Crippen LogP contribution >= 0.6 is 11.3 Å². The molecule has 0 radical (unpaired) electrons. The van der Waals surface area contributed by atoms with Gasteiger partial charge < -0.3 is 0 Å². The second kappa shape index (κ2) is 4.94. The summed E-state index contributed by atoms with van der Waals surface area (Å²) in [5, 5.41) is 10.2. The number of ketones is 1. The van der Waals surface area contributed by atoms with E-state index < -0.39 is 0 Å². The molecule has 0 aliphatic heterocycles. The quantitative estimate of drug-likeness (QED) is 0.797. The maximum Gasteiger partial charge on any atom is 0.171 e. The molecular weight excluding hydrogens is 246 g/mol. The fraction of sp³-hybridized carbons (Fsp3) is 0.385. The number of carbonyl (C=O) groups excluding carboxylic acids is 1.